The zero-order valence-electron chi connectivity index (χ0n) is 13.9. The molecule has 1 saturated heterocycles. The molecule has 0 spiro atoms. The van der Waals surface area contributed by atoms with Crippen molar-refractivity contribution < 1.29 is 8.78 Å². The fraction of sp³-hybridized carbons (Fsp3) is 0.368. The standard InChI is InChI=1S/C19H18F2N4/c1-11-6-19-22-9-14-17-5-3-13(8-18(14)25(19)23-11)24(17)10-12-2-4-15(20)16(21)7-12/h2,4,6-7,9,13,17H,3,5,8,10H2,1H3/t13-,17-/m0/s1. The summed E-state index contributed by atoms with van der Waals surface area (Å²) in [6.45, 7) is 2.61. The highest BCUT2D eigenvalue weighted by molar-refractivity contribution is 5.44. The number of hydrogen-bond acceptors (Lipinski definition) is 3. The number of fused-ring (bicyclic) bond motifs is 6. The molecule has 3 aromatic rings. The van der Waals surface area contributed by atoms with E-state index in [0.717, 1.165) is 36.2 Å². The van der Waals surface area contributed by atoms with Gasteiger partial charge in [-0.2, -0.15) is 5.10 Å². The molecule has 1 fully saturated rings. The van der Waals surface area contributed by atoms with Crippen molar-refractivity contribution in [2.24, 2.45) is 0 Å². The Labute approximate surface area is 144 Å². The maximum atomic E-state index is 13.5. The molecule has 2 aliphatic heterocycles. The minimum atomic E-state index is -0.795. The van der Waals surface area contributed by atoms with E-state index in [1.807, 2.05) is 23.7 Å². The van der Waals surface area contributed by atoms with Gasteiger partial charge in [-0.3, -0.25) is 4.90 Å². The van der Waals surface area contributed by atoms with Gasteiger partial charge in [0.25, 0.3) is 0 Å². The first-order valence-corrected chi connectivity index (χ1v) is 8.64. The van der Waals surface area contributed by atoms with Crippen molar-refractivity contribution in [3.63, 3.8) is 0 Å². The fourth-order valence-corrected chi connectivity index (χ4v) is 4.39. The van der Waals surface area contributed by atoms with Crippen LogP contribution >= 0.6 is 0 Å². The van der Waals surface area contributed by atoms with Crippen molar-refractivity contribution in [2.45, 2.75) is 44.8 Å². The van der Waals surface area contributed by atoms with Gasteiger partial charge in [-0.15, -0.1) is 0 Å². The van der Waals surface area contributed by atoms with Crippen LogP contribution in [0.5, 0.6) is 0 Å². The van der Waals surface area contributed by atoms with Crippen molar-refractivity contribution in [3.8, 4) is 0 Å². The van der Waals surface area contributed by atoms with E-state index in [2.05, 4.69) is 15.0 Å². The molecule has 0 aliphatic carbocycles. The quantitative estimate of drug-likeness (QED) is 0.715. The zero-order valence-corrected chi connectivity index (χ0v) is 13.9. The predicted octanol–water partition coefficient (Wildman–Crippen LogP) is 3.58. The van der Waals surface area contributed by atoms with E-state index in [4.69, 9.17) is 0 Å². The third-order valence-corrected chi connectivity index (χ3v) is 5.52. The molecule has 2 aliphatic rings. The van der Waals surface area contributed by atoms with Gasteiger partial charge in [-0.05, 0) is 37.5 Å². The first-order chi connectivity index (χ1) is 12.1. The fourth-order valence-electron chi connectivity index (χ4n) is 4.39. The Morgan fingerprint density at radius 2 is 2.04 bits per heavy atom. The van der Waals surface area contributed by atoms with Gasteiger partial charge >= 0.3 is 0 Å². The lowest BCUT2D eigenvalue weighted by Gasteiger charge is -2.36. The number of aryl methyl sites for hydroxylation is 1. The lowest BCUT2D eigenvalue weighted by atomic mass is 9.98. The molecule has 25 heavy (non-hydrogen) atoms. The Hall–Kier alpha value is -2.34. The third kappa shape index (κ3) is 2.28. The molecule has 4 nitrogen and oxygen atoms in total. The number of aromatic nitrogens is 3. The number of hydrogen-bond donors (Lipinski definition) is 0. The molecule has 6 heteroatoms. The van der Waals surface area contributed by atoms with Crippen molar-refractivity contribution in [2.75, 3.05) is 0 Å². The Morgan fingerprint density at radius 3 is 2.88 bits per heavy atom. The zero-order chi connectivity index (χ0) is 17.1. The van der Waals surface area contributed by atoms with E-state index in [-0.39, 0.29) is 6.04 Å². The molecule has 0 saturated carbocycles. The smallest absolute Gasteiger partial charge is 0.159 e. The van der Waals surface area contributed by atoms with Crippen molar-refractivity contribution >= 4 is 5.65 Å². The second-order valence-corrected chi connectivity index (χ2v) is 7.09. The molecule has 128 valence electrons. The highest BCUT2D eigenvalue weighted by Gasteiger charge is 2.41. The van der Waals surface area contributed by atoms with Gasteiger partial charge in [-0.1, -0.05) is 6.07 Å². The molecular weight excluding hydrogens is 322 g/mol. The van der Waals surface area contributed by atoms with Crippen molar-refractivity contribution in [1.82, 2.24) is 19.5 Å². The first-order valence-electron chi connectivity index (χ1n) is 8.64. The highest BCUT2D eigenvalue weighted by atomic mass is 19.2. The van der Waals surface area contributed by atoms with Crippen LogP contribution < -0.4 is 0 Å². The Bertz CT molecular complexity index is 981. The summed E-state index contributed by atoms with van der Waals surface area (Å²) in [4.78, 5) is 6.97. The minimum Gasteiger partial charge on any atom is -0.289 e. The summed E-state index contributed by atoms with van der Waals surface area (Å²) in [6.07, 6.45) is 5.05. The molecule has 1 aromatic carbocycles. The summed E-state index contributed by atoms with van der Waals surface area (Å²) < 4.78 is 28.7. The van der Waals surface area contributed by atoms with E-state index in [9.17, 15) is 8.78 Å². The molecule has 2 atom stereocenters. The van der Waals surface area contributed by atoms with E-state index in [1.54, 1.807) is 6.07 Å². The average Bonchev–Trinajstić information content (AvgIpc) is 3.09. The van der Waals surface area contributed by atoms with Gasteiger partial charge < -0.3 is 0 Å². The molecule has 5 rings (SSSR count). The molecule has 0 N–H and O–H groups in total. The molecule has 0 radical (unpaired) electrons. The van der Waals surface area contributed by atoms with Crippen LogP contribution in [0.25, 0.3) is 5.65 Å². The first kappa shape index (κ1) is 15.0. The van der Waals surface area contributed by atoms with E-state index in [1.165, 1.54) is 23.4 Å². The van der Waals surface area contributed by atoms with Crippen molar-refractivity contribution in [3.05, 3.63) is 64.6 Å². The summed E-state index contributed by atoms with van der Waals surface area (Å²) in [7, 11) is 0. The van der Waals surface area contributed by atoms with Crippen LogP contribution in [0, 0.1) is 18.6 Å². The maximum absolute atomic E-state index is 13.5. The largest absolute Gasteiger partial charge is 0.289 e. The van der Waals surface area contributed by atoms with Crippen molar-refractivity contribution in [1.29, 1.82) is 0 Å². The highest BCUT2D eigenvalue weighted by Crippen LogP contribution is 2.44. The van der Waals surface area contributed by atoms with Crippen LogP contribution in [-0.4, -0.2) is 25.5 Å². The van der Waals surface area contributed by atoms with E-state index in [0.29, 0.717) is 12.6 Å². The molecule has 2 bridgehead atoms. The van der Waals surface area contributed by atoms with Crippen LogP contribution in [-0.2, 0) is 13.0 Å². The Kier molecular flexibility index (Phi) is 3.19. The molecular formula is C19H18F2N4. The average molecular weight is 340 g/mol. The number of rotatable bonds is 2. The third-order valence-electron chi connectivity index (χ3n) is 5.52. The number of benzene rings is 1. The van der Waals surface area contributed by atoms with Gasteiger partial charge in [0.05, 0.1) is 11.4 Å². The Balaban J connectivity index is 1.52. The van der Waals surface area contributed by atoms with Gasteiger partial charge in [0.15, 0.2) is 17.3 Å². The summed E-state index contributed by atoms with van der Waals surface area (Å²) in [5.74, 6) is -1.57. The number of nitrogens with zero attached hydrogens (tertiary/aromatic N) is 4. The lowest BCUT2D eigenvalue weighted by Crippen LogP contribution is -2.38. The van der Waals surface area contributed by atoms with Crippen LogP contribution in [0.3, 0.4) is 0 Å². The molecule has 0 amide bonds. The van der Waals surface area contributed by atoms with Crippen LogP contribution in [0.15, 0.2) is 30.5 Å². The van der Waals surface area contributed by atoms with Crippen LogP contribution in [0.1, 0.15) is 41.4 Å². The SMILES string of the molecule is Cc1cc2ncc3c(n2n1)C[C@@H]1CC[C@@H]3N1Cc1ccc(F)c(F)c1. The summed E-state index contributed by atoms with van der Waals surface area (Å²) in [5, 5.41) is 4.60. The second kappa shape index (κ2) is 5.33. The predicted molar refractivity (Wildman–Crippen MR) is 89.1 cm³/mol. The lowest BCUT2D eigenvalue weighted by molar-refractivity contribution is 0.165. The summed E-state index contributed by atoms with van der Waals surface area (Å²) in [5.41, 5.74) is 5.13. The second-order valence-electron chi connectivity index (χ2n) is 7.09. The normalized spacial score (nSPS) is 22.5. The summed E-state index contributed by atoms with van der Waals surface area (Å²) in [6, 6.07) is 6.86. The molecule has 0 unspecified atom stereocenters. The van der Waals surface area contributed by atoms with E-state index >= 15 is 0 Å². The van der Waals surface area contributed by atoms with E-state index < -0.39 is 11.6 Å². The topological polar surface area (TPSA) is 33.4 Å². The van der Waals surface area contributed by atoms with Crippen LogP contribution in [0.4, 0.5) is 8.78 Å². The minimum absolute atomic E-state index is 0.267. The number of halogens is 2. The summed E-state index contributed by atoms with van der Waals surface area (Å²) >= 11 is 0. The molecule has 4 heterocycles. The monoisotopic (exact) mass is 340 g/mol. The van der Waals surface area contributed by atoms with Gasteiger partial charge in [0, 0.05) is 42.9 Å². The van der Waals surface area contributed by atoms with Gasteiger partial charge in [0.1, 0.15) is 0 Å². The Morgan fingerprint density at radius 1 is 1.16 bits per heavy atom. The molecule has 2 aromatic heterocycles. The maximum Gasteiger partial charge on any atom is 0.159 e. The van der Waals surface area contributed by atoms with Crippen LogP contribution in [0.2, 0.25) is 0 Å². The van der Waals surface area contributed by atoms with Gasteiger partial charge in [-0.25, -0.2) is 18.3 Å². The van der Waals surface area contributed by atoms with Gasteiger partial charge in [0.2, 0.25) is 0 Å².